The molecule has 0 aromatic heterocycles. The van der Waals surface area contributed by atoms with Gasteiger partial charge >= 0.3 is 0 Å². The summed E-state index contributed by atoms with van der Waals surface area (Å²) in [7, 11) is 0. The molecule has 3 heterocycles. The molecular formula is C21H33IN4O. The van der Waals surface area contributed by atoms with Crippen molar-refractivity contribution < 1.29 is 4.74 Å². The summed E-state index contributed by atoms with van der Waals surface area (Å²) in [5, 5.41) is 3.54. The van der Waals surface area contributed by atoms with Crippen LogP contribution in [-0.4, -0.2) is 62.3 Å². The Morgan fingerprint density at radius 3 is 2.63 bits per heavy atom. The first-order chi connectivity index (χ1) is 12.8. The number of hydrogen-bond donors (Lipinski definition) is 1. The van der Waals surface area contributed by atoms with Gasteiger partial charge in [0.15, 0.2) is 5.96 Å². The molecule has 0 unspecified atom stereocenters. The van der Waals surface area contributed by atoms with E-state index in [1.807, 2.05) is 0 Å². The van der Waals surface area contributed by atoms with Gasteiger partial charge < -0.3 is 15.0 Å². The SMILES string of the molecule is CCNC(=NCC1(N2CCCC2)CCOCC1)N1CCc2ccccc21.I. The van der Waals surface area contributed by atoms with E-state index in [2.05, 4.69) is 46.3 Å². The van der Waals surface area contributed by atoms with Crippen molar-refractivity contribution in [3.8, 4) is 0 Å². The highest BCUT2D eigenvalue weighted by Crippen LogP contribution is 2.32. The lowest BCUT2D eigenvalue weighted by Gasteiger charge is -2.43. The predicted molar refractivity (Wildman–Crippen MR) is 122 cm³/mol. The average Bonchev–Trinajstić information content (AvgIpc) is 3.36. The van der Waals surface area contributed by atoms with Gasteiger partial charge in [0.1, 0.15) is 0 Å². The number of fused-ring (bicyclic) bond motifs is 1. The molecule has 2 saturated heterocycles. The molecule has 27 heavy (non-hydrogen) atoms. The molecule has 0 amide bonds. The molecule has 1 aromatic carbocycles. The molecule has 4 rings (SSSR count). The number of halogens is 1. The molecule has 3 aliphatic rings. The standard InChI is InChI=1S/C21H32N4O.HI/c1-2-22-20(25-14-9-18-7-3-4-8-19(18)25)23-17-21(10-15-26-16-11-21)24-12-5-6-13-24;/h3-4,7-8H,2,5-6,9-17H2,1H3,(H,22,23);1H. The molecule has 0 radical (unpaired) electrons. The molecule has 0 atom stereocenters. The monoisotopic (exact) mass is 484 g/mol. The van der Waals surface area contributed by atoms with Gasteiger partial charge in [0.05, 0.1) is 6.54 Å². The van der Waals surface area contributed by atoms with Crippen LogP contribution in [0.3, 0.4) is 0 Å². The molecule has 6 heteroatoms. The van der Waals surface area contributed by atoms with E-state index < -0.39 is 0 Å². The summed E-state index contributed by atoms with van der Waals surface area (Å²) >= 11 is 0. The minimum Gasteiger partial charge on any atom is -0.381 e. The van der Waals surface area contributed by atoms with Crippen molar-refractivity contribution in [2.45, 2.75) is 44.6 Å². The fourth-order valence-electron chi connectivity index (χ4n) is 4.69. The van der Waals surface area contributed by atoms with Crippen molar-refractivity contribution in [2.24, 2.45) is 4.99 Å². The summed E-state index contributed by atoms with van der Waals surface area (Å²) in [6, 6.07) is 8.73. The highest BCUT2D eigenvalue weighted by Gasteiger charge is 2.39. The van der Waals surface area contributed by atoms with E-state index in [9.17, 15) is 0 Å². The lowest BCUT2D eigenvalue weighted by Crippen LogP contribution is -2.54. The number of rotatable bonds is 4. The summed E-state index contributed by atoms with van der Waals surface area (Å²) in [5.74, 6) is 1.04. The van der Waals surface area contributed by atoms with Crippen LogP contribution in [0, 0.1) is 0 Å². The van der Waals surface area contributed by atoms with E-state index in [-0.39, 0.29) is 29.5 Å². The Morgan fingerprint density at radius 2 is 1.89 bits per heavy atom. The van der Waals surface area contributed by atoms with Crippen LogP contribution in [0.2, 0.25) is 0 Å². The third-order valence-corrected chi connectivity index (χ3v) is 6.20. The molecule has 1 aromatic rings. The van der Waals surface area contributed by atoms with Gasteiger partial charge in [0.25, 0.3) is 0 Å². The van der Waals surface area contributed by atoms with Crippen LogP contribution in [-0.2, 0) is 11.2 Å². The summed E-state index contributed by atoms with van der Waals surface area (Å²) < 4.78 is 5.68. The number of para-hydroxylation sites is 1. The molecule has 2 fully saturated rings. The molecule has 0 aliphatic carbocycles. The summed E-state index contributed by atoms with van der Waals surface area (Å²) in [5.41, 5.74) is 2.93. The van der Waals surface area contributed by atoms with Crippen molar-refractivity contribution in [2.75, 3.05) is 50.8 Å². The smallest absolute Gasteiger partial charge is 0.198 e. The molecular weight excluding hydrogens is 451 g/mol. The second kappa shape index (κ2) is 9.56. The number of aliphatic imine (C=N–C) groups is 1. The maximum Gasteiger partial charge on any atom is 0.198 e. The summed E-state index contributed by atoms with van der Waals surface area (Å²) in [6.07, 6.45) is 5.96. The van der Waals surface area contributed by atoms with E-state index in [1.165, 1.54) is 37.2 Å². The van der Waals surface area contributed by atoms with E-state index >= 15 is 0 Å². The topological polar surface area (TPSA) is 40.1 Å². The Morgan fingerprint density at radius 1 is 1.15 bits per heavy atom. The van der Waals surface area contributed by atoms with Gasteiger partial charge in [-0.1, -0.05) is 18.2 Å². The highest BCUT2D eigenvalue weighted by molar-refractivity contribution is 14.0. The summed E-state index contributed by atoms with van der Waals surface area (Å²) in [6.45, 7) is 9.13. The predicted octanol–water partition coefficient (Wildman–Crippen LogP) is 3.28. The van der Waals surface area contributed by atoms with Gasteiger partial charge in [-0.2, -0.15) is 0 Å². The second-order valence-electron chi connectivity index (χ2n) is 7.73. The average molecular weight is 484 g/mol. The van der Waals surface area contributed by atoms with Crippen LogP contribution in [0.5, 0.6) is 0 Å². The van der Waals surface area contributed by atoms with Crippen molar-refractivity contribution >= 4 is 35.6 Å². The van der Waals surface area contributed by atoms with E-state index in [1.54, 1.807) is 0 Å². The van der Waals surface area contributed by atoms with E-state index in [0.29, 0.717) is 0 Å². The lowest BCUT2D eigenvalue weighted by atomic mass is 9.88. The van der Waals surface area contributed by atoms with Crippen LogP contribution in [0.1, 0.15) is 38.2 Å². The maximum absolute atomic E-state index is 5.68. The minimum absolute atomic E-state index is 0. The number of guanidine groups is 1. The molecule has 5 nitrogen and oxygen atoms in total. The number of nitrogens with one attached hydrogen (secondary N) is 1. The number of benzene rings is 1. The van der Waals surface area contributed by atoms with E-state index in [4.69, 9.17) is 9.73 Å². The first-order valence-electron chi connectivity index (χ1n) is 10.3. The fraction of sp³-hybridized carbons (Fsp3) is 0.667. The Bertz CT molecular complexity index is 639. The van der Waals surface area contributed by atoms with Crippen molar-refractivity contribution in [1.82, 2.24) is 10.2 Å². The third-order valence-electron chi connectivity index (χ3n) is 6.20. The first-order valence-corrected chi connectivity index (χ1v) is 10.3. The zero-order valence-corrected chi connectivity index (χ0v) is 18.8. The minimum atomic E-state index is 0. The molecule has 1 N–H and O–H groups in total. The third kappa shape index (κ3) is 4.43. The van der Waals surface area contributed by atoms with Crippen LogP contribution in [0.25, 0.3) is 0 Å². The van der Waals surface area contributed by atoms with Gasteiger partial charge in [-0.15, -0.1) is 24.0 Å². The quantitative estimate of drug-likeness (QED) is 0.405. The molecule has 0 saturated carbocycles. The molecule has 150 valence electrons. The Labute approximate surface area is 180 Å². The molecule has 3 aliphatic heterocycles. The number of ether oxygens (including phenoxy) is 1. The van der Waals surface area contributed by atoms with Crippen LogP contribution in [0.4, 0.5) is 5.69 Å². The van der Waals surface area contributed by atoms with Crippen molar-refractivity contribution in [3.63, 3.8) is 0 Å². The molecule has 0 spiro atoms. The normalized spacial score (nSPS) is 22.4. The fourth-order valence-corrected chi connectivity index (χ4v) is 4.69. The van der Waals surface area contributed by atoms with Crippen LogP contribution < -0.4 is 10.2 Å². The zero-order chi connectivity index (χ0) is 17.8. The van der Waals surface area contributed by atoms with E-state index in [0.717, 1.165) is 58.1 Å². The number of likely N-dealkylation sites (tertiary alicyclic amines) is 1. The first kappa shape index (κ1) is 20.9. The molecule has 0 bridgehead atoms. The lowest BCUT2D eigenvalue weighted by molar-refractivity contribution is -0.0138. The highest BCUT2D eigenvalue weighted by atomic mass is 127. The van der Waals surface area contributed by atoms with Crippen LogP contribution >= 0.6 is 24.0 Å². The van der Waals surface area contributed by atoms with Crippen molar-refractivity contribution in [1.29, 1.82) is 0 Å². The maximum atomic E-state index is 5.68. The number of nitrogens with zero attached hydrogens (tertiary/aromatic N) is 3. The Kier molecular flexibility index (Phi) is 7.39. The number of hydrogen-bond acceptors (Lipinski definition) is 3. The Balaban J connectivity index is 0.00000210. The largest absolute Gasteiger partial charge is 0.381 e. The second-order valence-corrected chi connectivity index (χ2v) is 7.73. The van der Waals surface area contributed by atoms with Gasteiger partial charge in [0.2, 0.25) is 0 Å². The van der Waals surface area contributed by atoms with Gasteiger partial charge in [0, 0.05) is 37.5 Å². The van der Waals surface area contributed by atoms with Crippen molar-refractivity contribution in [3.05, 3.63) is 29.8 Å². The number of anilines is 1. The Hall–Kier alpha value is -0.860. The zero-order valence-electron chi connectivity index (χ0n) is 16.5. The van der Waals surface area contributed by atoms with Gasteiger partial charge in [-0.05, 0) is 63.7 Å². The summed E-state index contributed by atoms with van der Waals surface area (Å²) in [4.78, 5) is 10.2. The van der Waals surface area contributed by atoms with Crippen LogP contribution in [0.15, 0.2) is 29.3 Å². The van der Waals surface area contributed by atoms with Gasteiger partial charge in [-0.25, -0.2) is 0 Å². The van der Waals surface area contributed by atoms with Gasteiger partial charge in [-0.3, -0.25) is 9.89 Å².